The van der Waals surface area contributed by atoms with Crippen LogP contribution in [0.1, 0.15) is 39.1 Å². The van der Waals surface area contributed by atoms with Crippen LogP contribution in [0.3, 0.4) is 0 Å². The summed E-state index contributed by atoms with van der Waals surface area (Å²) < 4.78 is 5.36. The van der Waals surface area contributed by atoms with E-state index in [-0.39, 0.29) is 17.9 Å². The molecular formula is C23H25N5O3S. The molecule has 3 aromatic rings. The van der Waals surface area contributed by atoms with Gasteiger partial charge in [0.1, 0.15) is 10.8 Å². The van der Waals surface area contributed by atoms with Crippen molar-refractivity contribution in [3.05, 3.63) is 64.1 Å². The lowest BCUT2D eigenvalue weighted by atomic mass is 9.99. The van der Waals surface area contributed by atoms with Crippen molar-refractivity contribution >= 4 is 34.6 Å². The average Bonchev–Trinajstić information content (AvgIpc) is 3.31. The van der Waals surface area contributed by atoms with Crippen LogP contribution in [0.15, 0.2) is 48.5 Å². The first kappa shape index (κ1) is 21.8. The fourth-order valence-corrected chi connectivity index (χ4v) is 4.54. The highest BCUT2D eigenvalue weighted by Crippen LogP contribution is 2.31. The molecule has 1 unspecified atom stereocenters. The molecule has 2 aromatic carbocycles. The normalized spacial score (nSPS) is 15.8. The number of amides is 3. The van der Waals surface area contributed by atoms with Gasteiger partial charge in [0.15, 0.2) is 0 Å². The average molecular weight is 452 g/mol. The number of para-hydroxylation sites is 1. The minimum Gasteiger partial charge on any atom is -0.495 e. The van der Waals surface area contributed by atoms with Crippen molar-refractivity contribution < 1.29 is 14.3 Å². The topological polar surface area (TPSA) is 96.4 Å². The van der Waals surface area contributed by atoms with Gasteiger partial charge < -0.3 is 20.3 Å². The molecule has 4 rings (SSSR count). The van der Waals surface area contributed by atoms with Crippen molar-refractivity contribution in [3.8, 4) is 5.75 Å². The molecule has 0 spiro atoms. The van der Waals surface area contributed by atoms with Crippen molar-refractivity contribution in [3.63, 3.8) is 0 Å². The molecule has 1 aliphatic rings. The third kappa shape index (κ3) is 5.05. The zero-order valence-corrected chi connectivity index (χ0v) is 18.8. The van der Waals surface area contributed by atoms with Crippen molar-refractivity contribution in [1.82, 2.24) is 15.1 Å². The smallest absolute Gasteiger partial charge is 0.321 e. The maximum Gasteiger partial charge on any atom is 0.321 e. The van der Waals surface area contributed by atoms with Crippen LogP contribution in [0.2, 0.25) is 0 Å². The van der Waals surface area contributed by atoms with Gasteiger partial charge >= 0.3 is 6.03 Å². The lowest BCUT2D eigenvalue weighted by Crippen LogP contribution is -2.41. The molecule has 32 heavy (non-hydrogen) atoms. The summed E-state index contributed by atoms with van der Waals surface area (Å²) >= 11 is 1.28. The molecule has 2 heterocycles. The van der Waals surface area contributed by atoms with Crippen molar-refractivity contribution in [2.75, 3.05) is 30.8 Å². The van der Waals surface area contributed by atoms with E-state index >= 15 is 0 Å². The number of carbonyl (C=O) groups excluding carboxylic acids is 2. The summed E-state index contributed by atoms with van der Waals surface area (Å²) in [7, 11) is 1.58. The van der Waals surface area contributed by atoms with E-state index in [9.17, 15) is 9.59 Å². The quantitative estimate of drug-likeness (QED) is 0.595. The van der Waals surface area contributed by atoms with Crippen molar-refractivity contribution in [2.24, 2.45) is 0 Å². The first-order valence-corrected chi connectivity index (χ1v) is 11.3. The van der Waals surface area contributed by atoms with E-state index in [0.29, 0.717) is 35.2 Å². The molecule has 0 aliphatic carbocycles. The Hall–Kier alpha value is -3.46. The van der Waals surface area contributed by atoms with Gasteiger partial charge in [-0.15, -0.1) is 10.2 Å². The van der Waals surface area contributed by atoms with Gasteiger partial charge in [-0.1, -0.05) is 35.6 Å². The van der Waals surface area contributed by atoms with Gasteiger partial charge in [0.05, 0.1) is 12.8 Å². The van der Waals surface area contributed by atoms with Gasteiger partial charge in [0, 0.05) is 24.7 Å². The summed E-state index contributed by atoms with van der Waals surface area (Å²) in [6.45, 7) is 3.15. The first-order chi connectivity index (χ1) is 15.5. The highest BCUT2D eigenvalue weighted by Gasteiger charge is 2.28. The van der Waals surface area contributed by atoms with Crippen LogP contribution >= 0.6 is 11.3 Å². The number of hydrogen-bond donors (Lipinski definition) is 2. The third-order valence-corrected chi connectivity index (χ3v) is 6.41. The van der Waals surface area contributed by atoms with Crippen molar-refractivity contribution in [1.29, 1.82) is 0 Å². The number of nitrogens with one attached hydrogen (secondary N) is 2. The number of methoxy groups -OCH3 is 1. The number of anilines is 2. The number of aryl methyl sites for hydroxylation is 1. The number of urea groups is 1. The van der Waals surface area contributed by atoms with Gasteiger partial charge in [0.25, 0.3) is 5.91 Å². The Bertz CT molecular complexity index is 1100. The van der Waals surface area contributed by atoms with Crippen LogP contribution in [0.25, 0.3) is 0 Å². The van der Waals surface area contributed by atoms with Crippen LogP contribution in [-0.2, 0) is 0 Å². The number of nitrogens with zero attached hydrogens (tertiary/aromatic N) is 3. The molecule has 2 N–H and O–H groups in total. The molecule has 1 aromatic heterocycles. The summed E-state index contributed by atoms with van der Waals surface area (Å²) in [6, 6.07) is 14.7. The highest BCUT2D eigenvalue weighted by atomic mass is 32.1. The molecule has 9 heteroatoms. The molecular weight excluding hydrogens is 426 g/mol. The summed E-state index contributed by atoms with van der Waals surface area (Å²) in [6.07, 6.45) is 1.75. The Labute approximate surface area is 190 Å². The Morgan fingerprint density at radius 3 is 2.72 bits per heavy atom. The molecule has 3 amide bonds. The Balaban J connectivity index is 1.40. The van der Waals surface area contributed by atoms with Gasteiger partial charge in [-0.2, -0.15) is 0 Å². The molecule has 0 radical (unpaired) electrons. The molecule has 0 bridgehead atoms. The minimum atomic E-state index is -0.281. The van der Waals surface area contributed by atoms with Gasteiger partial charge in [-0.05, 0) is 49.6 Å². The van der Waals surface area contributed by atoms with E-state index in [1.54, 1.807) is 12.0 Å². The second-order valence-electron chi connectivity index (χ2n) is 7.68. The standard InChI is InChI=1S/C23H25N5O3S/c1-15-10-11-19(31-2)18(13-15)25-23(30)28-12-6-7-16(14-28)21-26-27-22(32-21)20(29)24-17-8-4-3-5-9-17/h3-5,8-11,13,16H,6-7,12,14H2,1-2H3,(H,24,29)(H,25,30). The summed E-state index contributed by atoms with van der Waals surface area (Å²) in [5, 5.41) is 15.2. The van der Waals surface area contributed by atoms with Crippen LogP contribution in [0.5, 0.6) is 5.75 Å². The van der Waals surface area contributed by atoms with Gasteiger partial charge in [-0.3, -0.25) is 4.79 Å². The molecule has 1 fully saturated rings. The summed E-state index contributed by atoms with van der Waals surface area (Å²) in [5.74, 6) is 0.386. The SMILES string of the molecule is COc1ccc(C)cc1NC(=O)N1CCCC(c2nnc(C(=O)Nc3ccccc3)s2)C1. The predicted octanol–water partition coefficient (Wildman–Crippen LogP) is 4.52. The minimum absolute atomic E-state index is 0.0460. The fraction of sp³-hybridized carbons (Fsp3) is 0.304. The number of hydrogen-bond acceptors (Lipinski definition) is 6. The van der Waals surface area contributed by atoms with Gasteiger partial charge in [-0.25, -0.2) is 4.79 Å². The lowest BCUT2D eigenvalue weighted by molar-refractivity contribution is 0.102. The number of piperidine rings is 1. The molecule has 0 saturated carbocycles. The van der Waals surface area contributed by atoms with Crippen molar-refractivity contribution in [2.45, 2.75) is 25.7 Å². The molecule has 1 atom stereocenters. The Kier molecular flexibility index (Phi) is 6.65. The molecule has 1 aliphatic heterocycles. The Morgan fingerprint density at radius 2 is 1.94 bits per heavy atom. The second kappa shape index (κ2) is 9.78. The zero-order chi connectivity index (χ0) is 22.5. The van der Waals surface area contributed by atoms with E-state index in [2.05, 4.69) is 20.8 Å². The number of aromatic nitrogens is 2. The summed E-state index contributed by atoms with van der Waals surface area (Å²) in [4.78, 5) is 27.2. The van der Waals surface area contributed by atoms with E-state index in [4.69, 9.17) is 4.74 Å². The van der Waals surface area contributed by atoms with E-state index in [1.807, 2.05) is 55.5 Å². The second-order valence-corrected chi connectivity index (χ2v) is 8.69. The maximum absolute atomic E-state index is 12.9. The molecule has 166 valence electrons. The number of ether oxygens (including phenoxy) is 1. The Morgan fingerprint density at radius 1 is 1.12 bits per heavy atom. The first-order valence-electron chi connectivity index (χ1n) is 10.4. The van der Waals surface area contributed by atoms with Crippen LogP contribution in [0, 0.1) is 6.92 Å². The van der Waals surface area contributed by atoms with Crippen LogP contribution in [0.4, 0.5) is 16.2 Å². The summed E-state index contributed by atoms with van der Waals surface area (Å²) in [5.41, 5.74) is 2.39. The number of likely N-dealkylation sites (tertiary alicyclic amines) is 1. The van der Waals surface area contributed by atoms with E-state index < -0.39 is 0 Å². The highest BCUT2D eigenvalue weighted by molar-refractivity contribution is 7.13. The third-order valence-electron chi connectivity index (χ3n) is 5.32. The van der Waals surface area contributed by atoms with E-state index in [0.717, 1.165) is 23.4 Å². The molecule has 1 saturated heterocycles. The fourth-order valence-electron chi connectivity index (χ4n) is 3.67. The monoisotopic (exact) mass is 451 g/mol. The zero-order valence-electron chi connectivity index (χ0n) is 18.0. The van der Waals surface area contributed by atoms with Crippen LogP contribution in [-0.4, -0.2) is 47.2 Å². The predicted molar refractivity (Wildman–Crippen MR) is 125 cm³/mol. The van der Waals surface area contributed by atoms with E-state index in [1.165, 1.54) is 11.3 Å². The van der Waals surface area contributed by atoms with Gasteiger partial charge in [0.2, 0.25) is 5.01 Å². The molecule has 8 nitrogen and oxygen atoms in total. The number of rotatable bonds is 5. The lowest BCUT2D eigenvalue weighted by Gasteiger charge is -2.31. The van der Waals surface area contributed by atoms with Crippen LogP contribution < -0.4 is 15.4 Å². The largest absolute Gasteiger partial charge is 0.495 e. The maximum atomic E-state index is 12.9. The number of benzene rings is 2. The number of carbonyl (C=O) groups is 2.